The van der Waals surface area contributed by atoms with Gasteiger partial charge in [0.25, 0.3) is 0 Å². The molecule has 2 aromatic rings. The maximum Gasteiger partial charge on any atom is 0.154 e. The van der Waals surface area contributed by atoms with E-state index in [2.05, 4.69) is 38.0 Å². The van der Waals surface area contributed by atoms with E-state index in [9.17, 15) is 0 Å². The van der Waals surface area contributed by atoms with Gasteiger partial charge in [0, 0.05) is 21.3 Å². The third-order valence-corrected chi connectivity index (χ3v) is 3.86. The minimum absolute atomic E-state index is 0.102. The van der Waals surface area contributed by atoms with Crippen molar-refractivity contribution in [3.05, 3.63) is 69.2 Å². The van der Waals surface area contributed by atoms with Gasteiger partial charge in [-0.05, 0) is 36.2 Å². The summed E-state index contributed by atoms with van der Waals surface area (Å²) in [5.74, 6) is 0.759. The molecule has 0 amide bonds. The molecular weight excluding hydrogens is 336 g/mol. The Morgan fingerprint density at radius 1 is 1.10 bits per heavy atom. The summed E-state index contributed by atoms with van der Waals surface area (Å²) in [5.41, 5.74) is 2.22. The van der Waals surface area contributed by atoms with Crippen molar-refractivity contribution in [2.24, 2.45) is 9.98 Å². The van der Waals surface area contributed by atoms with Crippen LogP contribution in [-0.4, -0.2) is 18.1 Å². The lowest BCUT2D eigenvalue weighted by atomic mass is 10.1. The first kappa shape index (κ1) is 13.5. The highest BCUT2D eigenvalue weighted by Crippen LogP contribution is 2.17. The Morgan fingerprint density at radius 3 is 2.65 bits per heavy atom. The maximum absolute atomic E-state index is 5.99. The van der Waals surface area contributed by atoms with Gasteiger partial charge in [-0.2, -0.15) is 0 Å². The van der Waals surface area contributed by atoms with E-state index in [0.29, 0.717) is 5.02 Å². The molecule has 0 N–H and O–H groups in total. The van der Waals surface area contributed by atoms with E-state index in [0.717, 1.165) is 22.3 Å². The normalized spacial score (nSPS) is 17.3. The van der Waals surface area contributed by atoms with Crippen LogP contribution in [0.5, 0.6) is 0 Å². The van der Waals surface area contributed by atoms with Crippen LogP contribution in [0.4, 0.5) is 0 Å². The molecule has 0 fully saturated rings. The Balaban J connectivity index is 1.75. The van der Waals surface area contributed by atoms with Crippen LogP contribution in [-0.2, 0) is 6.42 Å². The summed E-state index contributed by atoms with van der Waals surface area (Å²) < 4.78 is 1.09. The quantitative estimate of drug-likeness (QED) is 0.778. The van der Waals surface area contributed by atoms with Gasteiger partial charge in [0.1, 0.15) is 0 Å². The molecular formula is C16H12BrClN2. The highest BCUT2D eigenvalue weighted by Gasteiger charge is 2.14. The minimum atomic E-state index is 0.102. The van der Waals surface area contributed by atoms with E-state index in [1.165, 1.54) is 5.56 Å². The molecule has 100 valence electrons. The van der Waals surface area contributed by atoms with Crippen LogP contribution in [0.15, 0.2) is 63.0 Å². The van der Waals surface area contributed by atoms with E-state index in [1.54, 1.807) is 0 Å². The molecule has 1 unspecified atom stereocenters. The molecule has 0 bridgehead atoms. The highest BCUT2D eigenvalue weighted by atomic mass is 79.9. The van der Waals surface area contributed by atoms with Gasteiger partial charge in [-0.1, -0.05) is 51.8 Å². The molecule has 2 nitrogen and oxygen atoms in total. The SMILES string of the molecule is Clc1cccc(C2=NC(Cc3ccc(Br)cc3)C=N2)c1. The summed E-state index contributed by atoms with van der Waals surface area (Å²) in [4.78, 5) is 9.04. The molecule has 1 aliphatic heterocycles. The zero-order valence-corrected chi connectivity index (χ0v) is 13.0. The van der Waals surface area contributed by atoms with Gasteiger partial charge < -0.3 is 0 Å². The number of amidine groups is 1. The molecule has 0 aromatic heterocycles. The first-order chi connectivity index (χ1) is 9.70. The lowest BCUT2D eigenvalue weighted by Gasteiger charge is -2.04. The van der Waals surface area contributed by atoms with Crippen molar-refractivity contribution in [1.29, 1.82) is 0 Å². The van der Waals surface area contributed by atoms with Crippen LogP contribution in [0.2, 0.25) is 5.02 Å². The number of hydrogen-bond donors (Lipinski definition) is 0. The molecule has 2 aromatic carbocycles. The van der Waals surface area contributed by atoms with Gasteiger partial charge in [0.15, 0.2) is 5.84 Å². The number of rotatable bonds is 3. The molecule has 0 saturated heterocycles. The smallest absolute Gasteiger partial charge is 0.154 e. The summed E-state index contributed by atoms with van der Waals surface area (Å²) in [7, 11) is 0. The van der Waals surface area contributed by atoms with Crippen LogP contribution in [0.3, 0.4) is 0 Å². The fraction of sp³-hybridized carbons (Fsp3) is 0.125. The van der Waals surface area contributed by atoms with Crippen molar-refractivity contribution in [2.45, 2.75) is 12.5 Å². The predicted molar refractivity (Wildman–Crippen MR) is 88.1 cm³/mol. The zero-order chi connectivity index (χ0) is 13.9. The zero-order valence-electron chi connectivity index (χ0n) is 10.6. The van der Waals surface area contributed by atoms with Crippen LogP contribution in [0, 0.1) is 0 Å². The van der Waals surface area contributed by atoms with Crippen molar-refractivity contribution in [3.63, 3.8) is 0 Å². The second-order valence-corrected chi connectivity index (χ2v) is 5.99. The van der Waals surface area contributed by atoms with Gasteiger partial charge in [0.2, 0.25) is 0 Å². The molecule has 4 heteroatoms. The predicted octanol–water partition coefficient (Wildman–Crippen LogP) is 4.54. The van der Waals surface area contributed by atoms with Crippen molar-refractivity contribution >= 4 is 39.6 Å². The Morgan fingerprint density at radius 2 is 1.90 bits per heavy atom. The van der Waals surface area contributed by atoms with E-state index < -0.39 is 0 Å². The molecule has 20 heavy (non-hydrogen) atoms. The average Bonchev–Trinajstić information content (AvgIpc) is 2.90. The Bertz CT molecular complexity index is 677. The summed E-state index contributed by atoms with van der Waals surface area (Å²) in [6.07, 6.45) is 2.76. The van der Waals surface area contributed by atoms with Crippen LogP contribution >= 0.6 is 27.5 Å². The molecule has 0 spiro atoms. The molecule has 0 radical (unpaired) electrons. The standard InChI is InChI=1S/C16H12BrClN2/c17-13-6-4-11(5-7-13)8-15-10-19-16(20-15)12-2-1-3-14(18)9-12/h1-7,9-10,15H,8H2. The third-order valence-electron chi connectivity index (χ3n) is 3.10. The molecule has 1 heterocycles. The van der Waals surface area contributed by atoms with Crippen LogP contribution in [0.25, 0.3) is 0 Å². The van der Waals surface area contributed by atoms with Gasteiger partial charge in [-0.25, -0.2) is 4.99 Å². The number of nitrogens with zero attached hydrogens (tertiary/aromatic N) is 2. The van der Waals surface area contributed by atoms with Crippen molar-refractivity contribution < 1.29 is 0 Å². The van der Waals surface area contributed by atoms with Gasteiger partial charge >= 0.3 is 0 Å². The fourth-order valence-electron chi connectivity index (χ4n) is 2.12. The highest BCUT2D eigenvalue weighted by molar-refractivity contribution is 9.10. The second kappa shape index (κ2) is 5.90. The summed E-state index contributed by atoms with van der Waals surface area (Å²) >= 11 is 9.43. The monoisotopic (exact) mass is 346 g/mol. The van der Waals surface area contributed by atoms with E-state index in [1.807, 2.05) is 42.6 Å². The number of halogens is 2. The van der Waals surface area contributed by atoms with Crippen LogP contribution in [0.1, 0.15) is 11.1 Å². The number of aliphatic imine (C=N–C) groups is 2. The van der Waals surface area contributed by atoms with Gasteiger partial charge in [-0.15, -0.1) is 0 Å². The first-order valence-electron chi connectivity index (χ1n) is 6.33. The molecule has 3 rings (SSSR count). The van der Waals surface area contributed by atoms with Gasteiger partial charge in [-0.3, -0.25) is 4.99 Å². The Hall–Kier alpha value is -1.45. The number of benzene rings is 2. The largest absolute Gasteiger partial charge is 0.257 e. The molecule has 1 aliphatic rings. The van der Waals surface area contributed by atoms with E-state index in [4.69, 9.17) is 11.6 Å². The second-order valence-electron chi connectivity index (χ2n) is 4.64. The maximum atomic E-state index is 5.99. The molecule has 1 atom stereocenters. The third kappa shape index (κ3) is 3.17. The van der Waals surface area contributed by atoms with E-state index >= 15 is 0 Å². The Kier molecular flexibility index (Phi) is 3.99. The minimum Gasteiger partial charge on any atom is -0.257 e. The summed E-state index contributed by atoms with van der Waals surface area (Å²) in [5, 5.41) is 0.705. The topological polar surface area (TPSA) is 24.7 Å². The average molecular weight is 348 g/mol. The van der Waals surface area contributed by atoms with Crippen molar-refractivity contribution in [3.8, 4) is 0 Å². The first-order valence-corrected chi connectivity index (χ1v) is 7.50. The fourth-order valence-corrected chi connectivity index (χ4v) is 2.57. The van der Waals surface area contributed by atoms with Gasteiger partial charge in [0.05, 0.1) is 6.04 Å². The van der Waals surface area contributed by atoms with Crippen molar-refractivity contribution in [2.75, 3.05) is 0 Å². The summed E-state index contributed by atoms with van der Waals surface area (Å²) in [6, 6.07) is 16.0. The molecule has 0 saturated carbocycles. The van der Waals surface area contributed by atoms with Crippen LogP contribution < -0.4 is 0 Å². The number of hydrogen-bond acceptors (Lipinski definition) is 2. The van der Waals surface area contributed by atoms with Crippen molar-refractivity contribution in [1.82, 2.24) is 0 Å². The summed E-state index contributed by atoms with van der Waals surface area (Å²) in [6.45, 7) is 0. The Labute approximate surface area is 131 Å². The lowest BCUT2D eigenvalue weighted by Crippen LogP contribution is -2.07. The lowest BCUT2D eigenvalue weighted by molar-refractivity contribution is 0.879. The van der Waals surface area contributed by atoms with E-state index in [-0.39, 0.29) is 6.04 Å². The molecule has 0 aliphatic carbocycles.